The summed E-state index contributed by atoms with van der Waals surface area (Å²) in [6.07, 6.45) is 0. The van der Waals surface area contributed by atoms with Crippen molar-refractivity contribution in [2.75, 3.05) is 6.54 Å². The Balaban J connectivity index is 0.000000149. The zero-order chi connectivity index (χ0) is 10.0. The Bertz CT molecular complexity index is 348. The average Bonchev–Trinajstić information content (AvgIpc) is 2.78. The normalized spacial score (nSPS) is 9.92. The summed E-state index contributed by atoms with van der Waals surface area (Å²) in [6, 6.07) is 3.36. The van der Waals surface area contributed by atoms with Crippen LogP contribution in [-0.4, -0.2) is 27.8 Å². The Kier molecular flexibility index (Phi) is 2.39. The molecule has 0 atom stereocenters. The lowest BCUT2D eigenvalue weighted by atomic mass is 10.5. The van der Waals surface area contributed by atoms with Crippen molar-refractivity contribution in [1.29, 1.82) is 0 Å². The number of carbonyl (C=O) groups is 1. The van der Waals surface area contributed by atoms with E-state index >= 15 is 0 Å². The van der Waals surface area contributed by atoms with Gasteiger partial charge in [0.05, 0.1) is 6.54 Å². The third-order valence-electron chi connectivity index (χ3n) is 1.49. The molecule has 2 aliphatic rings. The van der Waals surface area contributed by atoms with Crippen molar-refractivity contribution in [3.63, 3.8) is 0 Å². The molecule has 2 rings (SSSR count). The maximum atomic E-state index is 9.24. The number of rotatable bonds is 1. The molecule has 0 radical (unpaired) electrons. The van der Waals surface area contributed by atoms with Crippen molar-refractivity contribution in [1.82, 2.24) is 0 Å². The van der Waals surface area contributed by atoms with Gasteiger partial charge in [-0.15, -0.1) is 0 Å². The summed E-state index contributed by atoms with van der Waals surface area (Å²) >= 11 is 0. The van der Waals surface area contributed by atoms with Gasteiger partial charge in [0.25, 0.3) is 0 Å². The van der Waals surface area contributed by atoms with E-state index in [0.29, 0.717) is 0 Å². The number of nitrogens with two attached hydrogens (primary N) is 1. The Labute approximate surface area is 74.0 Å². The van der Waals surface area contributed by atoms with Crippen molar-refractivity contribution in [2.45, 2.75) is 0 Å². The van der Waals surface area contributed by atoms with Crippen LogP contribution < -0.4 is 5.73 Å². The minimum Gasteiger partial charge on any atom is -0.504 e. The molecular formula is C8H9NO4. The van der Waals surface area contributed by atoms with Gasteiger partial charge in [0.15, 0.2) is 11.5 Å². The second-order valence-electron chi connectivity index (χ2n) is 2.49. The van der Waals surface area contributed by atoms with E-state index in [0.717, 1.165) is 11.1 Å². The molecule has 5 N–H and O–H groups in total. The molecule has 0 heterocycles. The molecule has 0 saturated carbocycles. The summed E-state index contributed by atoms with van der Waals surface area (Å²) < 4.78 is 0. The molecule has 0 fully saturated rings. The van der Waals surface area contributed by atoms with E-state index in [2.05, 4.69) is 5.73 Å². The van der Waals surface area contributed by atoms with E-state index in [9.17, 15) is 4.79 Å². The smallest absolute Gasteiger partial charge is 0.317 e. The maximum absolute atomic E-state index is 9.24. The highest BCUT2D eigenvalue weighted by molar-refractivity contribution is 5.90. The predicted octanol–water partition coefficient (Wildman–Crippen LogP) is 0.108. The van der Waals surface area contributed by atoms with Crippen LogP contribution in [0.3, 0.4) is 0 Å². The maximum Gasteiger partial charge on any atom is 0.317 e. The van der Waals surface area contributed by atoms with Gasteiger partial charge in [-0.2, -0.15) is 0 Å². The second kappa shape index (κ2) is 3.32. The third-order valence-corrected chi connectivity index (χ3v) is 1.49. The van der Waals surface area contributed by atoms with Crippen LogP contribution in [0, 0.1) is 0 Å². The molecule has 0 aromatic rings. The second-order valence-corrected chi connectivity index (χ2v) is 2.49. The Morgan fingerprint density at radius 1 is 1.38 bits per heavy atom. The SMILES string of the molecule is NCC(=O)O.Oc1cc2cc-2c1O. The van der Waals surface area contributed by atoms with Crippen molar-refractivity contribution in [2.24, 2.45) is 5.73 Å². The standard InChI is InChI=1S/C6H4O2.C2H5NO2/c7-5-2-3-1-4(3)6(5)8;3-1-2(4)5/h1-2,7-8H;1,3H2,(H,4,5). The Hall–Kier alpha value is -1.75. The fraction of sp³-hybridized carbons (Fsp3) is 0.125. The van der Waals surface area contributed by atoms with Gasteiger partial charge in [-0.05, 0) is 17.7 Å². The summed E-state index contributed by atoms with van der Waals surface area (Å²) in [6.45, 7) is -0.278. The molecule has 5 heteroatoms. The van der Waals surface area contributed by atoms with Crippen LogP contribution in [0.15, 0.2) is 12.1 Å². The van der Waals surface area contributed by atoms with Crippen LogP contribution in [0.4, 0.5) is 0 Å². The number of phenols is 2. The quantitative estimate of drug-likeness (QED) is 0.470. The van der Waals surface area contributed by atoms with Crippen molar-refractivity contribution in [3.8, 4) is 22.6 Å². The van der Waals surface area contributed by atoms with E-state index in [1.807, 2.05) is 6.07 Å². The number of carboxylic acid groups (broad SMARTS) is 1. The molecular weight excluding hydrogens is 174 g/mol. The highest BCUT2D eigenvalue weighted by atomic mass is 16.4. The molecule has 0 unspecified atom stereocenters. The molecule has 70 valence electrons. The van der Waals surface area contributed by atoms with Gasteiger partial charge in [-0.25, -0.2) is 0 Å². The number of phenolic OH excluding ortho intramolecular Hbond substituents is 2. The molecule has 0 bridgehead atoms. The van der Waals surface area contributed by atoms with Crippen LogP contribution in [0.25, 0.3) is 11.1 Å². The summed E-state index contributed by atoms with van der Waals surface area (Å²) in [5, 5.41) is 25.1. The summed E-state index contributed by atoms with van der Waals surface area (Å²) in [4.78, 5) is 9.24. The van der Waals surface area contributed by atoms with Gasteiger partial charge in [-0.1, -0.05) is 0 Å². The Morgan fingerprint density at radius 2 is 1.92 bits per heavy atom. The first-order chi connectivity index (χ1) is 6.06. The van der Waals surface area contributed by atoms with E-state index in [-0.39, 0.29) is 18.0 Å². The number of hydrogen-bond donors (Lipinski definition) is 4. The molecule has 0 aromatic heterocycles. The van der Waals surface area contributed by atoms with E-state index < -0.39 is 5.97 Å². The minimum absolute atomic E-state index is 0.00231. The first-order valence-electron chi connectivity index (χ1n) is 3.54. The fourth-order valence-corrected chi connectivity index (χ4v) is 0.798. The molecule has 0 aliphatic heterocycles. The van der Waals surface area contributed by atoms with Gasteiger partial charge < -0.3 is 21.1 Å². The lowest BCUT2D eigenvalue weighted by Crippen LogP contribution is -2.10. The van der Waals surface area contributed by atoms with E-state index in [4.69, 9.17) is 15.3 Å². The fourth-order valence-electron chi connectivity index (χ4n) is 0.798. The first kappa shape index (κ1) is 9.34. The molecule has 0 saturated heterocycles. The van der Waals surface area contributed by atoms with Crippen molar-refractivity contribution >= 4 is 5.97 Å². The van der Waals surface area contributed by atoms with Crippen LogP contribution >= 0.6 is 0 Å². The highest BCUT2D eigenvalue weighted by Gasteiger charge is 2.21. The van der Waals surface area contributed by atoms with Gasteiger partial charge in [-0.3, -0.25) is 4.79 Å². The number of aromatic hydroxyl groups is 2. The van der Waals surface area contributed by atoms with Crippen molar-refractivity contribution in [3.05, 3.63) is 12.1 Å². The summed E-state index contributed by atoms with van der Waals surface area (Å²) in [5.41, 5.74) is 6.32. The molecule has 2 aliphatic carbocycles. The average molecular weight is 183 g/mol. The topological polar surface area (TPSA) is 104 Å². The molecule has 0 aromatic carbocycles. The highest BCUT2D eigenvalue weighted by Crippen LogP contribution is 2.49. The zero-order valence-electron chi connectivity index (χ0n) is 6.69. The van der Waals surface area contributed by atoms with Crippen LogP contribution in [0.2, 0.25) is 0 Å². The molecule has 5 nitrogen and oxygen atoms in total. The van der Waals surface area contributed by atoms with Gasteiger partial charge in [0, 0.05) is 5.56 Å². The largest absolute Gasteiger partial charge is 0.504 e. The van der Waals surface area contributed by atoms with Crippen LogP contribution in [-0.2, 0) is 4.79 Å². The summed E-state index contributed by atoms with van der Waals surface area (Å²) in [5.74, 6) is -0.942. The first-order valence-corrected chi connectivity index (χ1v) is 3.54. The molecule has 0 amide bonds. The number of carboxylic acids is 1. The van der Waals surface area contributed by atoms with Gasteiger partial charge in [0.1, 0.15) is 0 Å². The molecule has 0 spiro atoms. The van der Waals surface area contributed by atoms with Crippen LogP contribution in [0.5, 0.6) is 11.5 Å². The number of benzene rings is 1. The van der Waals surface area contributed by atoms with Crippen LogP contribution in [0.1, 0.15) is 0 Å². The number of fused-ring (bicyclic) bond motifs is 1. The predicted molar refractivity (Wildman–Crippen MR) is 45.5 cm³/mol. The lowest BCUT2D eigenvalue weighted by Gasteiger charge is -1.82. The number of aliphatic carboxylic acids is 1. The number of hydrogen-bond acceptors (Lipinski definition) is 4. The monoisotopic (exact) mass is 183 g/mol. The summed E-state index contributed by atoms with van der Waals surface area (Å²) in [7, 11) is 0. The van der Waals surface area contributed by atoms with E-state index in [1.54, 1.807) is 6.07 Å². The van der Waals surface area contributed by atoms with Gasteiger partial charge >= 0.3 is 5.97 Å². The van der Waals surface area contributed by atoms with Crippen molar-refractivity contribution < 1.29 is 20.1 Å². The lowest BCUT2D eigenvalue weighted by molar-refractivity contribution is -0.135. The van der Waals surface area contributed by atoms with Gasteiger partial charge in [0.2, 0.25) is 0 Å². The Morgan fingerprint density at radius 3 is 2.08 bits per heavy atom. The van der Waals surface area contributed by atoms with E-state index in [1.165, 1.54) is 0 Å². The zero-order valence-corrected chi connectivity index (χ0v) is 6.69. The minimum atomic E-state index is -0.968. The molecule has 13 heavy (non-hydrogen) atoms. The third kappa shape index (κ3) is 2.09.